The summed E-state index contributed by atoms with van der Waals surface area (Å²) < 4.78 is 7.09. The Morgan fingerprint density at radius 3 is 2.96 bits per heavy atom. The number of nitrogens with zero attached hydrogens (tertiary/aromatic N) is 3. The lowest BCUT2D eigenvalue weighted by Gasteiger charge is -2.18. The topological polar surface area (TPSA) is 98.1 Å². The molecular formula is C17H13N5O3. The molecule has 2 aromatic heterocycles. The number of carbonyl (C=O) groups excluding carboxylic acids is 2. The Kier molecular flexibility index (Phi) is 3.62. The van der Waals surface area contributed by atoms with Crippen molar-refractivity contribution >= 4 is 23.2 Å². The predicted molar refractivity (Wildman–Crippen MR) is 89.9 cm³/mol. The van der Waals surface area contributed by atoms with Gasteiger partial charge in [0.05, 0.1) is 17.6 Å². The second-order valence-electron chi connectivity index (χ2n) is 5.38. The van der Waals surface area contributed by atoms with Gasteiger partial charge < -0.3 is 15.4 Å². The van der Waals surface area contributed by atoms with Crippen LogP contribution in [0.25, 0.3) is 5.82 Å². The van der Waals surface area contributed by atoms with E-state index in [1.807, 2.05) is 0 Å². The van der Waals surface area contributed by atoms with E-state index in [1.54, 1.807) is 59.8 Å². The highest BCUT2D eigenvalue weighted by Gasteiger charge is 2.18. The Labute approximate surface area is 142 Å². The Hall–Kier alpha value is -3.68. The quantitative estimate of drug-likeness (QED) is 0.761. The van der Waals surface area contributed by atoms with Crippen molar-refractivity contribution in [3.05, 3.63) is 60.8 Å². The van der Waals surface area contributed by atoms with Crippen molar-refractivity contribution < 1.29 is 14.3 Å². The highest BCUT2D eigenvalue weighted by molar-refractivity contribution is 6.05. The minimum absolute atomic E-state index is 0.0578. The summed E-state index contributed by atoms with van der Waals surface area (Å²) in [5.74, 6) is 0.670. The van der Waals surface area contributed by atoms with Crippen molar-refractivity contribution in [1.82, 2.24) is 14.5 Å². The standard InChI is InChI=1S/C17H13N5O3/c23-16-9-25-14-7-11(1-3-13(14)21-16)17(24)20-12-2-4-15(19-8-12)22-6-5-18-10-22/h1-8,10H,9H2,(H,20,24)(H,21,23). The highest BCUT2D eigenvalue weighted by Crippen LogP contribution is 2.28. The Balaban J connectivity index is 1.49. The molecule has 0 atom stereocenters. The van der Waals surface area contributed by atoms with E-state index >= 15 is 0 Å². The minimum atomic E-state index is -0.291. The fraction of sp³-hybridized carbons (Fsp3) is 0.0588. The second-order valence-corrected chi connectivity index (χ2v) is 5.38. The van der Waals surface area contributed by atoms with Gasteiger partial charge in [-0.1, -0.05) is 0 Å². The van der Waals surface area contributed by atoms with Crippen molar-refractivity contribution in [2.24, 2.45) is 0 Å². The van der Waals surface area contributed by atoms with Gasteiger partial charge in [0, 0.05) is 18.0 Å². The summed E-state index contributed by atoms with van der Waals surface area (Å²) in [6, 6.07) is 8.40. The number of hydrogen-bond donors (Lipinski definition) is 2. The molecule has 3 heterocycles. The number of amides is 2. The maximum Gasteiger partial charge on any atom is 0.262 e. The third-order valence-corrected chi connectivity index (χ3v) is 3.65. The van der Waals surface area contributed by atoms with Gasteiger partial charge in [0.1, 0.15) is 17.9 Å². The van der Waals surface area contributed by atoms with E-state index in [-0.39, 0.29) is 18.4 Å². The SMILES string of the molecule is O=C1COc2cc(C(=O)Nc3ccc(-n4ccnc4)nc3)ccc2N1. The van der Waals surface area contributed by atoms with Gasteiger partial charge in [0.2, 0.25) is 0 Å². The van der Waals surface area contributed by atoms with E-state index in [0.717, 1.165) is 0 Å². The lowest BCUT2D eigenvalue weighted by atomic mass is 10.1. The van der Waals surface area contributed by atoms with Gasteiger partial charge in [0.25, 0.3) is 11.8 Å². The van der Waals surface area contributed by atoms with Crippen LogP contribution in [0.2, 0.25) is 0 Å². The molecule has 8 heteroatoms. The van der Waals surface area contributed by atoms with Crippen molar-refractivity contribution in [2.45, 2.75) is 0 Å². The fourth-order valence-corrected chi connectivity index (χ4v) is 2.43. The summed E-state index contributed by atoms with van der Waals surface area (Å²) in [6.07, 6.45) is 6.67. The maximum absolute atomic E-state index is 12.4. The molecule has 3 aromatic rings. The number of carbonyl (C=O) groups is 2. The molecule has 2 N–H and O–H groups in total. The number of pyridine rings is 1. The number of anilines is 2. The summed E-state index contributed by atoms with van der Waals surface area (Å²) in [5.41, 5.74) is 1.55. The number of nitrogens with one attached hydrogen (secondary N) is 2. The molecule has 1 aliphatic rings. The number of hydrogen-bond acceptors (Lipinski definition) is 5. The van der Waals surface area contributed by atoms with Crippen LogP contribution < -0.4 is 15.4 Å². The summed E-state index contributed by atoms with van der Waals surface area (Å²) in [4.78, 5) is 31.9. The van der Waals surface area contributed by atoms with Crippen LogP contribution in [0, 0.1) is 0 Å². The number of imidazole rings is 1. The number of rotatable bonds is 3. The molecule has 0 radical (unpaired) electrons. The van der Waals surface area contributed by atoms with Gasteiger partial charge in [-0.15, -0.1) is 0 Å². The van der Waals surface area contributed by atoms with Gasteiger partial charge in [-0.3, -0.25) is 14.2 Å². The van der Waals surface area contributed by atoms with Gasteiger partial charge in [0.15, 0.2) is 6.61 Å². The maximum atomic E-state index is 12.4. The molecule has 0 spiro atoms. The Morgan fingerprint density at radius 1 is 1.28 bits per heavy atom. The molecule has 124 valence electrons. The molecule has 8 nitrogen and oxygen atoms in total. The molecule has 4 rings (SSSR count). The molecule has 0 fully saturated rings. The molecule has 25 heavy (non-hydrogen) atoms. The molecule has 0 aliphatic carbocycles. The van der Waals surface area contributed by atoms with Crippen LogP contribution in [-0.4, -0.2) is 33.0 Å². The van der Waals surface area contributed by atoms with E-state index in [4.69, 9.17) is 4.74 Å². The van der Waals surface area contributed by atoms with Crippen molar-refractivity contribution in [3.8, 4) is 11.6 Å². The van der Waals surface area contributed by atoms with Crippen LogP contribution in [0.15, 0.2) is 55.2 Å². The molecular weight excluding hydrogens is 322 g/mol. The summed E-state index contributed by atoms with van der Waals surface area (Å²) in [6.45, 7) is -0.0578. The van der Waals surface area contributed by atoms with Crippen LogP contribution in [0.1, 0.15) is 10.4 Å². The average Bonchev–Trinajstić information content (AvgIpc) is 3.16. The summed E-state index contributed by atoms with van der Waals surface area (Å²) >= 11 is 0. The highest BCUT2D eigenvalue weighted by atomic mass is 16.5. The van der Waals surface area contributed by atoms with Crippen molar-refractivity contribution in [2.75, 3.05) is 17.2 Å². The zero-order valence-corrected chi connectivity index (χ0v) is 13.0. The molecule has 1 aliphatic heterocycles. The van der Waals surface area contributed by atoms with Crippen LogP contribution in [-0.2, 0) is 4.79 Å². The Bertz CT molecular complexity index is 935. The third kappa shape index (κ3) is 3.05. The van der Waals surface area contributed by atoms with Gasteiger partial charge in [-0.2, -0.15) is 0 Å². The van der Waals surface area contributed by atoms with Gasteiger partial charge in [-0.25, -0.2) is 9.97 Å². The monoisotopic (exact) mass is 335 g/mol. The predicted octanol–water partition coefficient (Wildman–Crippen LogP) is 1.85. The van der Waals surface area contributed by atoms with Crippen LogP contribution >= 0.6 is 0 Å². The molecule has 0 bridgehead atoms. The zero-order valence-electron chi connectivity index (χ0n) is 13.0. The largest absolute Gasteiger partial charge is 0.482 e. The first kappa shape index (κ1) is 14.9. The number of ether oxygens (including phenoxy) is 1. The van der Waals surface area contributed by atoms with Gasteiger partial charge in [-0.05, 0) is 30.3 Å². The molecule has 0 unspecified atom stereocenters. The zero-order chi connectivity index (χ0) is 17.2. The van der Waals surface area contributed by atoms with Crippen molar-refractivity contribution in [3.63, 3.8) is 0 Å². The fourth-order valence-electron chi connectivity index (χ4n) is 2.43. The second kappa shape index (κ2) is 6.08. The number of aromatic nitrogens is 3. The summed E-state index contributed by atoms with van der Waals surface area (Å²) in [5, 5.41) is 5.46. The van der Waals surface area contributed by atoms with Crippen LogP contribution in [0.5, 0.6) is 5.75 Å². The minimum Gasteiger partial charge on any atom is -0.482 e. The Morgan fingerprint density at radius 2 is 2.20 bits per heavy atom. The number of fused-ring (bicyclic) bond motifs is 1. The third-order valence-electron chi connectivity index (χ3n) is 3.65. The normalized spacial score (nSPS) is 12.7. The first-order chi connectivity index (χ1) is 12.2. The van der Waals surface area contributed by atoms with Crippen LogP contribution in [0.4, 0.5) is 11.4 Å². The first-order valence-electron chi connectivity index (χ1n) is 7.51. The molecule has 0 saturated heterocycles. The van der Waals surface area contributed by atoms with Gasteiger partial charge >= 0.3 is 0 Å². The number of benzene rings is 1. The van der Waals surface area contributed by atoms with E-state index < -0.39 is 0 Å². The van der Waals surface area contributed by atoms with E-state index in [0.29, 0.717) is 28.5 Å². The lowest BCUT2D eigenvalue weighted by Crippen LogP contribution is -2.25. The van der Waals surface area contributed by atoms with E-state index in [2.05, 4.69) is 20.6 Å². The molecule has 2 amide bonds. The smallest absolute Gasteiger partial charge is 0.262 e. The van der Waals surface area contributed by atoms with Crippen LogP contribution in [0.3, 0.4) is 0 Å². The average molecular weight is 335 g/mol. The van der Waals surface area contributed by atoms with E-state index in [9.17, 15) is 9.59 Å². The lowest BCUT2D eigenvalue weighted by molar-refractivity contribution is -0.118. The first-order valence-corrected chi connectivity index (χ1v) is 7.51. The van der Waals surface area contributed by atoms with Crippen molar-refractivity contribution in [1.29, 1.82) is 0 Å². The summed E-state index contributed by atoms with van der Waals surface area (Å²) in [7, 11) is 0. The molecule has 0 saturated carbocycles. The molecule has 1 aromatic carbocycles. The van der Waals surface area contributed by atoms with E-state index in [1.165, 1.54) is 0 Å².